The van der Waals surface area contributed by atoms with Gasteiger partial charge in [-0.15, -0.1) is 0 Å². The number of nitrogens with one attached hydrogen (secondary N) is 2. The number of aromatic amines is 1. The summed E-state index contributed by atoms with van der Waals surface area (Å²) < 4.78 is 31.2. The van der Waals surface area contributed by atoms with Crippen molar-refractivity contribution in [2.45, 2.75) is 11.4 Å². The number of rotatable bonds is 6. The van der Waals surface area contributed by atoms with E-state index in [0.29, 0.717) is 6.54 Å². The van der Waals surface area contributed by atoms with Crippen LogP contribution in [0.4, 0.5) is 0 Å². The van der Waals surface area contributed by atoms with E-state index in [0.717, 1.165) is 39.3 Å². The largest absolute Gasteiger partial charge is 0.379 e. The predicted octanol–water partition coefficient (Wildman–Crippen LogP) is -0.590. The number of sulfonamides is 1. The average Bonchev–Trinajstić information content (AvgIpc) is 2.91. The molecule has 18 heavy (non-hydrogen) atoms. The van der Waals surface area contributed by atoms with Gasteiger partial charge in [0, 0.05) is 19.6 Å². The molecule has 2 heterocycles. The molecule has 0 aliphatic carbocycles. The van der Waals surface area contributed by atoms with Gasteiger partial charge in [0.2, 0.25) is 0 Å². The number of ether oxygens (including phenoxy) is 1. The first-order valence-electron chi connectivity index (χ1n) is 5.96. The molecule has 2 rings (SSSR count). The van der Waals surface area contributed by atoms with Crippen LogP contribution in [0, 0.1) is 0 Å². The predicted molar refractivity (Wildman–Crippen MR) is 65.7 cm³/mol. The third kappa shape index (κ3) is 3.77. The first kappa shape index (κ1) is 13.5. The molecular weight excluding hydrogens is 256 g/mol. The molecule has 1 aromatic heterocycles. The minimum Gasteiger partial charge on any atom is -0.379 e. The lowest BCUT2D eigenvalue weighted by molar-refractivity contribution is 0.0376. The number of hydrogen-bond acceptors (Lipinski definition) is 5. The lowest BCUT2D eigenvalue weighted by Crippen LogP contribution is -2.38. The molecule has 0 radical (unpaired) electrons. The summed E-state index contributed by atoms with van der Waals surface area (Å²) in [6.07, 6.45) is 3.43. The lowest BCUT2D eigenvalue weighted by Gasteiger charge is -2.26. The summed E-state index contributed by atoms with van der Waals surface area (Å²) in [4.78, 5) is 8.54. The van der Waals surface area contributed by atoms with Gasteiger partial charge in [-0.2, -0.15) is 0 Å². The highest BCUT2D eigenvalue weighted by atomic mass is 32.2. The highest BCUT2D eigenvalue weighted by molar-refractivity contribution is 7.89. The molecule has 8 heteroatoms. The Labute approximate surface area is 107 Å². The molecule has 102 valence electrons. The summed E-state index contributed by atoms with van der Waals surface area (Å²) >= 11 is 0. The van der Waals surface area contributed by atoms with Crippen LogP contribution in [-0.2, 0) is 14.8 Å². The molecule has 0 atom stereocenters. The van der Waals surface area contributed by atoms with Crippen LogP contribution in [0.3, 0.4) is 0 Å². The van der Waals surface area contributed by atoms with Gasteiger partial charge < -0.3 is 9.72 Å². The van der Waals surface area contributed by atoms with E-state index in [1.165, 1.54) is 12.5 Å². The standard InChI is InChI=1S/C10H18N4O3S/c15-18(16,10-8-11-9-12-10)13-2-1-3-14-4-6-17-7-5-14/h8-9,13H,1-7H2,(H,11,12). The fourth-order valence-electron chi connectivity index (χ4n) is 1.80. The van der Waals surface area contributed by atoms with Gasteiger partial charge in [0.05, 0.1) is 25.7 Å². The number of morpholine rings is 1. The fraction of sp³-hybridized carbons (Fsp3) is 0.700. The summed E-state index contributed by atoms with van der Waals surface area (Å²) in [5.74, 6) is 0. The normalized spacial score (nSPS) is 18.0. The topological polar surface area (TPSA) is 87.3 Å². The van der Waals surface area contributed by atoms with Gasteiger partial charge in [-0.05, 0) is 13.0 Å². The highest BCUT2D eigenvalue weighted by Gasteiger charge is 2.15. The molecule has 0 aromatic carbocycles. The maximum absolute atomic E-state index is 11.7. The summed E-state index contributed by atoms with van der Waals surface area (Å²) in [6, 6.07) is 0. The smallest absolute Gasteiger partial charge is 0.257 e. The highest BCUT2D eigenvalue weighted by Crippen LogP contribution is 2.02. The maximum Gasteiger partial charge on any atom is 0.257 e. The van der Waals surface area contributed by atoms with E-state index in [9.17, 15) is 8.42 Å². The first-order valence-corrected chi connectivity index (χ1v) is 7.45. The van der Waals surface area contributed by atoms with Crippen LogP contribution in [0.25, 0.3) is 0 Å². The van der Waals surface area contributed by atoms with E-state index in [1.54, 1.807) is 0 Å². The Kier molecular flexibility index (Phi) is 4.70. The number of imidazole rings is 1. The van der Waals surface area contributed by atoms with Crippen molar-refractivity contribution in [1.82, 2.24) is 19.6 Å². The molecule has 0 amide bonds. The summed E-state index contributed by atoms with van der Waals surface area (Å²) in [7, 11) is -3.43. The zero-order chi connectivity index (χ0) is 12.8. The zero-order valence-corrected chi connectivity index (χ0v) is 10.9. The summed E-state index contributed by atoms with van der Waals surface area (Å²) in [5, 5.41) is 0.105. The Morgan fingerprint density at radius 1 is 1.44 bits per heavy atom. The lowest BCUT2D eigenvalue weighted by atomic mass is 10.3. The first-order chi connectivity index (χ1) is 8.68. The quantitative estimate of drug-likeness (QED) is 0.677. The number of nitrogens with zero attached hydrogens (tertiary/aromatic N) is 2. The third-order valence-corrected chi connectivity index (χ3v) is 4.20. The van der Waals surface area contributed by atoms with Crippen molar-refractivity contribution in [3.05, 3.63) is 12.5 Å². The number of H-pyrrole nitrogens is 1. The molecule has 1 fully saturated rings. The van der Waals surface area contributed by atoms with Crippen LogP contribution in [0.15, 0.2) is 17.6 Å². The van der Waals surface area contributed by atoms with Gasteiger partial charge in [0.15, 0.2) is 5.03 Å². The Hall–Kier alpha value is -0.960. The summed E-state index contributed by atoms with van der Waals surface area (Å²) in [5.41, 5.74) is 0. The van der Waals surface area contributed by atoms with E-state index in [1.807, 2.05) is 0 Å². The van der Waals surface area contributed by atoms with Crippen LogP contribution < -0.4 is 4.72 Å². The Morgan fingerprint density at radius 3 is 2.89 bits per heavy atom. The second kappa shape index (κ2) is 6.28. The van der Waals surface area contributed by atoms with Crippen molar-refractivity contribution in [1.29, 1.82) is 0 Å². The number of aromatic nitrogens is 2. The Morgan fingerprint density at radius 2 is 2.22 bits per heavy atom. The van der Waals surface area contributed by atoms with Gasteiger partial charge in [-0.1, -0.05) is 0 Å². The van der Waals surface area contributed by atoms with Gasteiger partial charge in [-0.25, -0.2) is 18.1 Å². The van der Waals surface area contributed by atoms with Crippen molar-refractivity contribution < 1.29 is 13.2 Å². The molecule has 7 nitrogen and oxygen atoms in total. The zero-order valence-electron chi connectivity index (χ0n) is 10.1. The Bertz CT molecular complexity index is 440. The Balaban J connectivity index is 1.69. The van der Waals surface area contributed by atoms with Crippen LogP contribution in [0.1, 0.15) is 6.42 Å². The molecule has 1 saturated heterocycles. The molecule has 1 aromatic rings. The van der Waals surface area contributed by atoms with Crippen molar-refractivity contribution in [3.8, 4) is 0 Å². The molecule has 2 N–H and O–H groups in total. The van der Waals surface area contributed by atoms with Crippen LogP contribution >= 0.6 is 0 Å². The van der Waals surface area contributed by atoms with Crippen molar-refractivity contribution in [2.24, 2.45) is 0 Å². The van der Waals surface area contributed by atoms with E-state index in [-0.39, 0.29) is 5.03 Å². The minimum absolute atomic E-state index is 0.105. The molecule has 1 aliphatic heterocycles. The van der Waals surface area contributed by atoms with Gasteiger partial charge >= 0.3 is 0 Å². The van der Waals surface area contributed by atoms with Gasteiger partial charge in [0.1, 0.15) is 0 Å². The molecule has 0 bridgehead atoms. The van der Waals surface area contributed by atoms with E-state index < -0.39 is 10.0 Å². The summed E-state index contributed by atoms with van der Waals surface area (Å²) in [6.45, 7) is 4.69. The SMILES string of the molecule is O=S(=O)(NCCCN1CCOCC1)c1cnc[nH]1. The molecule has 0 saturated carbocycles. The second-order valence-corrected chi connectivity index (χ2v) is 5.86. The van der Waals surface area contributed by atoms with Gasteiger partial charge in [0.25, 0.3) is 10.0 Å². The van der Waals surface area contributed by atoms with Crippen molar-refractivity contribution in [2.75, 3.05) is 39.4 Å². The van der Waals surface area contributed by atoms with Crippen molar-refractivity contribution >= 4 is 10.0 Å². The molecule has 0 spiro atoms. The minimum atomic E-state index is -3.43. The van der Waals surface area contributed by atoms with E-state index in [4.69, 9.17) is 4.74 Å². The average molecular weight is 274 g/mol. The molecular formula is C10H18N4O3S. The monoisotopic (exact) mass is 274 g/mol. The van der Waals surface area contributed by atoms with Crippen LogP contribution in [0.2, 0.25) is 0 Å². The molecule has 0 unspecified atom stereocenters. The van der Waals surface area contributed by atoms with Crippen molar-refractivity contribution in [3.63, 3.8) is 0 Å². The van der Waals surface area contributed by atoms with E-state index in [2.05, 4.69) is 19.6 Å². The van der Waals surface area contributed by atoms with E-state index >= 15 is 0 Å². The fourth-order valence-corrected chi connectivity index (χ4v) is 2.78. The number of hydrogen-bond donors (Lipinski definition) is 2. The van der Waals surface area contributed by atoms with Gasteiger partial charge in [-0.3, -0.25) is 4.90 Å². The second-order valence-electron chi connectivity index (χ2n) is 4.12. The maximum atomic E-state index is 11.7. The van der Waals surface area contributed by atoms with Crippen LogP contribution in [-0.4, -0.2) is 62.7 Å². The third-order valence-electron chi connectivity index (χ3n) is 2.81. The van der Waals surface area contributed by atoms with Crippen LogP contribution in [0.5, 0.6) is 0 Å². The molecule has 1 aliphatic rings.